The van der Waals surface area contributed by atoms with Crippen molar-refractivity contribution in [2.24, 2.45) is 0 Å². The Labute approximate surface area is 136 Å². The van der Waals surface area contributed by atoms with Gasteiger partial charge in [0.2, 0.25) is 10.0 Å². The molecule has 0 saturated carbocycles. The van der Waals surface area contributed by atoms with Gasteiger partial charge in [-0.25, -0.2) is 8.42 Å². The number of hydrogen-bond acceptors (Lipinski definition) is 3. The van der Waals surface area contributed by atoms with E-state index in [0.29, 0.717) is 30.4 Å². The molecular weight excluding hydrogens is 410 g/mol. The first kappa shape index (κ1) is 16.4. The molecule has 20 heavy (non-hydrogen) atoms. The van der Waals surface area contributed by atoms with Gasteiger partial charge < -0.3 is 5.11 Å². The van der Waals surface area contributed by atoms with E-state index in [2.05, 4.69) is 31.9 Å². The van der Waals surface area contributed by atoms with Gasteiger partial charge in [-0.15, -0.1) is 0 Å². The molecular formula is C13H17Br2NO3S. The van der Waals surface area contributed by atoms with Gasteiger partial charge in [-0.1, -0.05) is 15.9 Å². The predicted octanol–water partition coefficient (Wildman–Crippen LogP) is 3.06. The van der Waals surface area contributed by atoms with E-state index in [-0.39, 0.29) is 4.90 Å². The van der Waals surface area contributed by atoms with Crippen molar-refractivity contribution < 1.29 is 13.5 Å². The molecule has 1 aliphatic heterocycles. The summed E-state index contributed by atoms with van der Waals surface area (Å²) in [4.78, 5) is 0.261. The fraction of sp³-hybridized carbons (Fsp3) is 0.538. The molecule has 1 aromatic rings. The van der Waals surface area contributed by atoms with Crippen molar-refractivity contribution in [3.8, 4) is 0 Å². The second-order valence-corrected chi connectivity index (χ2v) is 9.05. The first-order chi connectivity index (χ1) is 9.13. The molecule has 0 unspecified atom stereocenters. The summed E-state index contributed by atoms with van der Waals surface area (Å²) in [5, 5.41) is 9.93. The van der Waals surface area contributed by atoms with E-state index in [1.165, 1.54) is 4.31 Å². The Morgan fingerprint density at radius 1 is 1.20 bits per heavy atom. The lowest BCUT2D eigenvalue weighted by Crippen LogP contribution is -2.45. The highest BCUT2D eigenvalue weighted by Gasteiger charge is 2.35. The fourth-order valence-corrected chi connectivity index (χ4v) is 5.25. The fourth-order valence-electron chi connectivity index (χ4n) is 2.17. The van der Waals surface area contributed by atoms with E-state index in [0.717, 1.165) is 10.0 Å². The average Bonchev–Trinajstić information content (AvgIpc) is 2.33. The van der Waals surface area contributed by atoms with Gasteiger partial charge in [-0.3, -0.25) is 0 Å². The third-order valence-electron chi connectivity index (χ3n) is 3.63. The van der Waals surface area contributed by atoms with Crippen LogP contribution in [0.15, 0.2) is 26.0 Å². The summed E-state index contributed by atoms with van der Waals surface area (Å²) in [6.07, 6.45) is 0.910. The first-order valence-corrected chi connectivity index (χ1v) is 9.34. The number of aryl methyl sites for hydroxylation is 1. The van der Waals surface area contributed by atoms with Gasteiger partial charge >= 0.3 is 0 Å². The van der Waals surface area contributed by atoms with Gasteiger partial charge in [-0.05, 0) is 60.3 Å². The molecule has 7 heteroatoms. The molecule has 0 aliphatic carbocycles. The number of aliphatic hydroxyl groups is 1. The minimum Gasteiger partial charge on any atom is -0.390 e. The van der Waals surface area contributed by atoms with Crippen molar-refractivity contribution in [1.29, 1.82) is 0 Å². The minimum absolute atomic E-state index is 0.261. The van der Waals surface area contributed by atoms with Crippen LogP contribution in [-0.4, -0.2) is 36.5 Å². The lowest BCUT2D eigenvalue weighted by Gasteiger charge is -2.35. The number of halogens is 2. The molecule has 1 aliphatic rings. The molecule has 1 fully saturated rings. The van der Waals surface area contributed by atoms with Gasteiger partial charge in [0.1, 0.15) is 0 Å². The standard InChI is InChI=1S/C13H17Br2NO3S/c1-9-7-11(15)12(8-10(9)14)20(18,19)16-5-3-13(2,17)4-6-16/h7-8,17H,3-6H2,1-2H3. The lowest BCUT2D eigenvalue weighted by molar-refractivity contribution is 0.0126. The van der Waals surface area contributed by atoms with Crippen molar-refractivity contribution in [3.63, 3.8) is 0 Å². The van der Waals surface area contributed by atoms with Crippen LogP contribution in [0, 0.1) is 6.92 Å². The number of benzene rings is 1. The Balaban J connectivity index is 2.34. The Kier molecular flexibility index (Phi) is 4.67. The van der Waals surface area contributed by atoms with Crippen molar-refractivity contribution in [2.75, 3.05) is 13.1 Å². The Morgan fingerprint density at radius 3 is 2.30 bits per heavy atom. The van der Waals surface area contributed by atoms with E-state index in [1.54, 1.807) is 19.1 Å². The Morgan fingerprint density at radius 2 is 1.75 bits per heavy atom. The van der Waals surface area contributed by atoms with Gasteiger partial charge in [0.15, 0.2) is 0 Å². The van der Waals surface area contributed by atoms with Crippen molar-refractivity contribution >= 4 is 41.9 Å². The topological polar surface area (TPSA) is 57.6 Å². The number of rotatable bonds is 2. The zero-order chi connectivity index (χ0) is 15.1. The summed E-state index contributed by atoms with van der Waals surface area (Å²) < 4.78 is 28.1. The number of sulfonamides is 1. The monoisotopic (exact) mass is 425 g/mol. The average molecular weight is 427 g/mol. The van der Waals surface area contributed by atoms with E-state index in [9.17, 15) is 13.5 Å². The van der Waals surface area contributed by atoms with Gasteiger partial charge in [0, 0.05) is 22.0 Å². The highest BCUT2D eigenvalue weighted by Crippen LogP contribution is 2.33. The summed E-state index contributed by atoms with van der Waals surface area (Å²) in [7, 11) is -3.54. The van der Waals surface area contributed by atoms with Crippen LogP contribution >= 0.6 is 31.9 Å². The Bertz CT molecular complexity index is 619. The smallest absolute Gasteiger partial charge is 0.244 e. The number of nitrogens with zero attached hydrogens (tertiary/aromatic N) is 1. The van der Waals surface area contributed by atoms with Crippen LogP contribution in [0.1, 0.15) is 25.3 Å². The van der Waals surface area contributed by atoms with Crippen LogP contribution in [0.25, 0.3) is 0 Å². The third kappa shape index (κ3) is 3.27. The van der Waals surface area contributed by atoms with Crippen LogP contribution in [0.5, 0.6) is 0 Å². The van der Waals surface area contributed by atoms with Crippen LogP contribution in [-0.2, 0) is 10.0 Å². The molecule has 4 nitrogen and oxygen atoms in total. The summed E-state index contributed by atoms with van der Waals surface area (Å²) in [5.74, 6) is 0. The van der Waals surface area contributed by atoms with Crippen molar-refractivity contribution in [2.45, 2.75) is 37.2 Å². The normalized spacial score (nSPS) is 20.1. The molecule has 1 heterocycles. The van der Waals surface area contributed by atoms with Crippen LogP contribution < -0.4 is 0 Å². The first-order valence-electron chi connectivity index (χ1n) is 6.32. The number of hydrogen-bond donors (Lipinski definition) is 1. The van der Waals surface area contributed by atoms with E-state index in [1.807, 2.05) is 6.92 Å². The van der Waals surface area contributed by atoms with E-state index >= 15 is 0 Å². The number of piperidine rings is 1. The molecule has 0 spiro atoms. The zero-order valence-electron chi connectivity index (χ0n) is 11.4. The lowest BCUT2D eigenvalue weighted by atomic mass is 9.95. The van der Waals surface area contributed by atoms with Gasteiger partial charge in [-0.2, -0.15) is 4.31 Å². The molecule has 112 valence electrons. The maximum Gasteiger partial charge on any atom is 0.244 e. The highest BCUT2D eigenvalue weighted by molar-refractivity contribution is 9.11. The second kappa shape index (κ2) is 5.68. The molecule has 0 aromatic heterocycles. The zero-order valence-corrected chi connectivity index (χ0v) is 15.3. The Hall–Kier alpha value is 0.0500. The summed E-state index contributed by atoms with van der Waals surface area (Å²) in [6.45, 7) is 4.33. The maximum absolute atomic E-state index is 12.7. The van der Waals surface area contributed by atoms with Crippen LogP contribution in [0.4, 0.5) is 0 Å². The summed E-state index contributed by atoms with van der Waals surface area (Å²) in [5.41, 5.74) is 0.203. The third-order valence-corrected chi connectivity index (χ3v) is 7.34. The molecule has 1 saturated heterocycles. The molecule has 0 atom stereocenters. The van der Waals surface area contributed by atoms with Crippen LogP contribution in [0.3, 0.4) is 0 Å². The minimum atomic E-state index is -3.54. The largest absolute Gasteiger partial charge is 0.390 e. The van der Waals surface area contributed by atoms with Gasteiger partial charge in [0.05, 0.1) is 10.5 Å². The summed E-state index contributed by atoms with van der Waals surface area (Å²) >= 11 is 6.70. The molecule has 1 aromatic carbocycles. The van der Waals surface area contributed by atoms with Crippen molar-refractivity contribution in [3.05, 3.63) is 26.6 Å². The predicted molar refractivity (Wildman–Crippen MR) is 85.2 cm³/mol. The summed E-state index contributed by atoms with van der Waals surface area (Å²) in [6, 6.07) is 3.42. The SMILES string of the molecule is Cc1cc(Br)c(S(=O)(=O)N2CCC(C)(O)CC2)cc1Br. The van der Waals surface area contributed by atoms with E-state index < -0.39 is 15.6 Å². The quantitative estimate of drug-likeness (QED) is 0.790. The molecule has 1 N–H and O–H groups in total. The molecule has 0 radical (unpaired) electrons. The van der Waals surface area contributed by atoms with Crippen LogP contribution in [0.2, 0.25) is 0 Å². The van der Waals surface area contributed by atoms with E-state index in [4.69, 9.17) is 0 Å². The molecule has 0 bridgehead atoms. The molecule has 0 amide bonds. The highest BCUT2D eigenvalue weighted by atomic mass is 79.9. The molecule has 2 rings (SSSR count). The van der Waals surface area contributed by atoms with Gasteiger partial charge in [0.25, 0.3) is 0 Å². The maximum atomic E-state index is 12.7. The van der Waals surface area contributed by atoms with Crippen molar-refractivity contribution in [1.82, 2.24) is 4.31 Å². The second-order valence-electron chi connectivity index (χ2n) is 5.43.